The molecule has 2 aromatic rings. The highest BCUT2D eigenvalue weighted by Gasteiger charge is 2.20. The maximum absolute atomic E-state index is 12.3. The molecule has 1 atom stereocenters. The van der Waals surface area contributed by atoms with Crippen molar-refractivity contribution < 1.29 is 18.7 Å². The van der Waals surface area contributed by atoms with Gasteiger partial charge >= 0.3 is 0 Å². The Balaban J connectivity index is 1.52. The number of piperidine rings is 1. The molecule has 7 nitrogen and oxygen atoms in total. The van der Waals surface area contributed by atoms with Crippen LogP contribution < -0.4 is 14.8 Å². The van der Waals surface area contributed by atoms with Gasteiger partial charge in [-0.15, -0.1) is 0 Å². The average Bonchev–Trinajstić information content (AvgIpc) is 3.15. The summed E-state index contributed by atoms with van der Waals surface area (Å²) in [6.07, 6.45) is 4.90. The average molecular weight is 373 g/mol. The molecule has 146 valence electrons. The molecule has 0 radical (unpaired) electrons. The van der Waals surface area contributed by atoms with Gasteiger partial charge in [0.25, 0.3) is 5.91 Å². The summed E-state index contributed by atoms with van der Waals surface area (Å²) in [6, 6.07) is 6.05. The number of rotatable bonds is 7. The first-order valence-electron chi connectivity index (χ1n) is 9.27. The third-order valence-corrected chi connectivity index (χ3v) is 4.87. The van der Waals surface area contributed by atoms with Crippen molar-refractivity contribution in [1.29, 1.82) is 0 Å². The Labute approximate surface area is 159 Å². The van der Waals surface area contributed by atoms with Gasteiger partial charge in [-0.1, -0.05) is 12.5 Å². The number of nitrogens with zero attached hydrogens (tertiary/aromatic N) is 2. The molecule has 1 aliphatic rings. The summed E-state index contributed by atoms with van der Waals surface area (Å²) in [5.41, 5.74) is 1.35. The van der Waals surface area contributed by atoms with E-state index in [0.29, 0.717) is 30.0 Å². The number of likely N-dealkylation sites (N-methyl/N-ethyl adjacent to an activating group) is 1. The van der Waals surface area contributed by atoms with Crippen molar-refractivity contribution in [2.24, 2.45) is 0 Å². The number of ether oxygens (including phenoxy) is 2. The Morgan fingerprint density at radius 3 is 3.00 bits per heavy atom. The van der Waals surface area contributed by atoms with E-state index in [1.165, 1.54) is 19.1 Å². The second kappa shape index (κ2) is 8.90. The molecule has 7 heteroatoms. The Morgan fingerprint density at radius 2 is 2.22 bits per heavy atom. The number of carbonyl (C=O) groups is 1. The van der Waals surface area contributed by atoms with Crippen LogP contribution >= 0.6 is 0 Å². The fraction of sp³-hybridized carbons (Fsp3) is 0.500. The zero-order chi connectivity index (χ0) is 19.2. The van der Waals surface area contributed by atoms with Crippen LogP contribution in [0, 0.1) is 6.92 Å². The lowest BCUT2D eigenvalue weighted by Gasteiger charge is -2.32. The topological polar surface area (TPSA) is 76.8 Å². The van der Waals surface area contributed by atoms with Crippen molar-refractivity contribution in [2.75, 3.05) is 27.2 Å². The fourth-order valence-corrected chi connectivity index (χ4v) is 3.22. The molecule has 0 spiro atoms. The number of benzene rings is 1. The summed E-state index contributed by atoms with van der Waals surface area (Å²) in [6.45, 7) is 3.80. The highest BCUT2D eigenvalue weighted by Crippen LogP contribution is 2.28. The van der Waals surface area contributed by atoms with Crippen LogP contribution in [-0.2, 0) is 6.61 Å². The third kappa shape index (κ3) is 5.01. The van der Waals surface area contributed by atoms with Gasteiger partial charge < -0.3 is 24.1 Å². The van der Waals surface area contributed by atoms with E-state index in [1.807, 2.05) is 25.1 Å². The summed E-state index contributed by atoms with van der Waals surface area (Å²) < 4.78 is 16.4. The third-order valence-electron chi connectivity index (χ3n) is 4.87. The standard InChI is InChI=1S/C20H27N3O4/c1-14-7-8-17(18(10-14)25-3)26-13-19-22-16(12-27-19)20(24)21-11-15-6-4-5-9-23(15)2/h7-8,10,12,15H,4-6,9,11,13H2,1-3H3,(H,21,24). The first-order chi connectivity index (χ1) is 13.1. The summed E-state index contributed by atoms with van der Waals surface area (Å²) in [4.78, 5) is 18.8. The van der Waals surface area contributed by atoms with Crippen LogP contribution in [0.1, 0.15) is 41.2 Å². The first-order valence-corrected chi connectivity index (χ1v) is 9.27. The number of aryl methyl sites for hydroxylation is 1. The van der Waals surface area contributed by atoms with E-state index in [9.17, 15) is 4.79 Å². The molecular weight excluding hydrogens is 346 g/mol. The van der Waals surface area contributed by atoms with Crippen LogP contribution in [0.25, 0.3) is 0 Å². The molecular formula is C20H27N3O4. The molecule has 1 saturated heterocycles. The van der Waals surface area contributed by atoms with Crippen LogP contribution in [0.3, 0.4) is 0 Å². The lowest BCUT2D eigenvalue weighted by Crippen LogP contribution is -2.44. The summed E-state index contributed by atoms with van der Waals surface area (Å²) in [5, 5.41) is 2.95. The van der Waals surface area contributed by atoms with Crippen molar-refractivity contribution in [3.05, 3.63) is 41.6 Å². The van der Waals surface area contributed by atoms with Crippen LogP contribution in [0.15, 0.2) is 28.9 Å². The van der Waals surface area contributed by atoms with Crippen molar-refractivity contribution in [3.8, 4) is 11.5 Å². The Hall–Kier alpha value is -2.54. The summed E-state index contributed by atoms with van der Waals surface area (Å²) in [7, 11) is 3.69. The summed E-state index contributed by atoms with van der Waals surface area (Å²) in [5.74, 6) is 1.37. The van der Waals surface area contributed by atoms with Crippen LogP contribution in [0.2, 0.25) is 0 Å². The maximum Gasteiger partial charge on any atom is 0.273 e. The van der Waals surface area contributed by atoms with Crippen LogP contribution in [0.5, 0.6) is 11.5 Å². The molecule has 0 saturated carbocycles. The number of methoxy groups -OCH3 is 1. The van der Waals surface area contributed by atoms with Gasteiger partial charge in [0.05, 0.1) is 7.11 Å². The molecule has 1 unspecified atom stereocenters. The van der Waals surface area contributed by atoms with E-state index in [1.54, 1.807) is 7.11 Å². The lowest BCUT2D eigenvalue weighted by atomic mass is 10.0. The number of hydrogen-bond donors (Lipinski definition) is 1. The molecule has 1 amide bonds. The molecule has 0 aliphatic carbocycles. The van der Waals surface area contributed by atoms with Gasteiger partial charge in [-0.05, 0) is 51.1 Å². The van der Waals surface area contributed by atoms with E-state index in [-0.39, 0.29) is 18.2 Å². The van der Waals surface area contributed by atoms with Crippen LogP contribution in [0.4, 0.5) is 0 Å². The van der Waals surface area contributed by atoms with Crippen molar-refractivity contribution in [3.63, 3.8) is 0 Å². The smallest absolute Gasteiger partial charge is 0.273 e. The molecule has 1 aliphatic heterocycles. The number of amides is 1. The van der Waals surface area contributed by atoms with E-state index < -0.39 is 0 Å². The number of oxazole rings is 1. The zero-order valence-electron chi connectivity index (χ0n) is 16.2. The van der Waals surface area contributed by atoms with Crippen molar-refractivity contribution in [1.82, 2.24) is 15.2 Å². The van der Waals surface area contributed by atoms with Gasteiger partial charge in [0.15, 0.2) is 23.8 Å². The van der Waals surface area contributed by atoms with Crippen molar-refractivity contribution in [2.45, 2.75) is 38.8 Å². The Morgan fingerprint density at radius 1 is 1.37 bits per heavy atom. The quantitative estimate of drug-likeness (QED) is 0.804. The minimum Gasteiger partial charge on any atom is -0.493 e. The minimum absolute atomic E-state index is 0.123. The van der Waals surface area contributed by atoms with E-state index in [0.717, 1.165) is 18.5 Å². The summed E-state index contributed by atoms with van der Waals surface area (Å²) >= 11 is 0. The highest BCUT2D eigenvalue weighted by molar-refractivity contribution is 5.91. The SMILES string of the molecule is COc1cc(C)ccc1OCc1nc(C(=O)NCC2CCCCN2C)co1. The van der Waals surface area contributed by atoms with E-state index in [2.05, 4.69) is 22.2 Å². The molecule has 27 heavy (non-hydrogen) atoms. The Kier molecular flexibility index (Phi) is 6.34. The van der Waals surface area contributed by atoms with Gasteiger partial charge in [-0.3, -0.25) is 4.79 Å². The van der Waals surface area contributed by atoms with Crippen molar-refractivity contribution >= 4 is 5.91 Å². The zero-order valence-corrected chi connectivity index (χ0v) is 16.2. The van der Waals surface area contributed by atoms with Gasteiger partial charge in [-0.2, -0.15) is 0 Å². The minimum atomic E-state index is -0.225. The molecule has 3 rings (SSSR count). The number of nitrogens with one attached hydrogen (secondary N) is 1. The van der Waals surface area contributed by atoms with Gasteiger partial charge in [-0.25, -0.2) is 4.98 Å². The molecule has 1 fully saturated rings. The normalized spacial score (nSPS) is 17.5. The molecule has 0 bridgehead atoms. The highest BCUT2D eigenvalue weighted by atomic mass is 16.5. The molecule has 2 heterocycles. The number of likely N-dealkylation sites (tertiary alicyclic amines) is 1. The number of aromatic nitrogens is 1. The predicted octanol–water partition coefficient (Wildman–Crippen LogP) is 2.78. The van der Waals surface area contributed by atoms with Gasteiger partial charge in [0.2, 0.25) is 5.89 Å². The second-order valence-corrected chi connectivity index (χ2v) is 6.91. The monoisotopic (exact) mass is 373 g/mol. The van der Waals surface area contributed by atoms with E-state index >= 15 is 0 Å². The lowest BCUT2D eigenvalue weighted by molar-refractivity contribution is 0.0923. The second-order valence-electron chi connectivity index (χ2n) is 6.91. The van der Waals surface area contributed by atoms with Gasteiger partial charge in [0.1, 0.15) is 6.26 Å². The molecule has 1 N–H and O–H groups in total. The predicted molar refractivity (Wildman–Crippen MR) is 101 cm³/mol. The van der Waals surface area contributed by atoms with Gasteiger partial charge in [0, 0.05) is 12.6 Å². The molecule has 1 aromatic heterocycles. The fourth-order valence-electron chi connectivity index (χ4n) is 3.22. The largest absolute Gasteiger partial charge is 0.493 e. The first kappa shape index (κ1) is 19.2. The number of carbonyl (C=O) groups excluding carboxylic acids is 1. The Bertz CT molecular complexity index is 774. The number of hydrogen-bond acceptors (Lipinski definition) is 6. The molecule has 1 aromatic carbocycles. The van der Waals surface area contributed by atoms with E-state index in [4.69, 9.17) is 13.9 Å². The van der Waals surface area contributed by atoms with Crippen LogP contribution in [-0.4, -0.2) is 49.1 Å². The maximum atomic E-state index is 12.3.